The van der Waals surface area contributed by atoms with Gasteiger partial charge in [0.2, 0.25) is 0 Å². The van der Waals surface area contributed by atoms with Gasteiger partial charge in [-0.2, -0.15) is 0 Å². The van der Waals surface area contributed by atoms with Gasteiger partial charge in [0.25, 0.3) is 0 Å². The monoisotopic (exact) mass is 619 g/mol. The molecule has 0 aromatic heterocycles. The van der Waals surface area contributed by atoms with Crippen LogP contribution in [0.2, 0.25) is 0 Å². The van der Waals surface area contributed by atoms with Gasteiger partial charge < -0.3 is 0 Å². The van der Waals surface area contributed by atoms with E-state index in [9.17, 15) is 0 Å². The molecule has 1 fully saturated rings. The Labute approximate surface area is 280 Å². The number of unbranched alkanes of at least 4 members (excludes halogenated alkanes) is 28. The van der Waals surface area contributed by atoms with Crippen LogP contribution < -0.4 is 0 Å². The van der Waals surface area contributed by atoms with Crippen LogP contribution in [-0.2, 0) is 0 Å². The molecule has 2 unspecified atom stereocenters. The molecule has 0 bridgehead atoms. The zero-order valence-corrected chi connectivity index (χ0v) is 31.5. The van der Waals surface area contributed by atoms with Gasteiger partial charge in [-0.1, -0.05) is 220 Å². The zero-order valence-electron chi connectivity index (χ0n) is 31.5. The van der Waals surface area contributed by atoms with E-state index in [2.05, 4.69) is 37.5 Å². The minimum absolute atomic E-state index is 0.725. The first-order valence-corrected chi connectivity index (χ1v) is 21.3. The van der Waals surface area contributed by atoms with Gasteiger partial charge in [0.15, 0.2) is 0 Å². The molecule has 264 valence electrons. The van der Waals surface area contributed by atoms with Crippen molar-refractivity contribution in [3.05, 3.63) is 0 Å². The average molecular weight is 619 g/mol. The quantitative estimate of drug-likeness (QED) is 0.0652. The van der Waals surface area contributed by atoms with E-state index in [1.165, 1.54) is 232 Å². The Hall–Kier alpha value is -0.0800. The summed E-state index contributed by atoms with van der Waals surface area (Å²) in [6.07, 6.45) is 48.8. The Bertz CT molecular complexity index is 548. The fourth-order valence-electron chi connectivity index (χ4n) is 7.95. The molecule has 0 aromatic rings. The summed E-state index contributed by atoms with van der Waals surface area (Å²) in [6.45, 7) is 13.3. The minimum Gasteiger partial charge on any atom is -0.287 e. The third-order valence-corrected chi connectivity index (χ3v) is 11.0. The Morgan fingerprint density at radius 3 is 1.09 bits per heavy atom. The largest absolute Gasteiger partial charge is 0.287 e. The van der Waals surface area contributed by atoms with Crippen LogP contribution in [-0.4, -0.2) is 41.6 Å². The molecule has 2 nitrogen and oxygen atoms in total. The standard InChI is InChI=1S/C42H86N2/c1-5-9-11-13-15-17-19-21-23-25-27-29-31-33-35-37-41(7-3)44-40-39-43(8-4)42(44)38-36-34-32-30-28-26-24-22-20-18-16-14-12-10-6-2/h41-42H,5-40H2,1-4H3. The highest BCUT2D eigenvalue weighted by molar-refractivity contribution is 4.86. The molecule has 2 atom stereocenters. The van der Waals surface area contributed by atoms with Crippen molar-refractivity contribution < 1.29 is 0 Å². The highest BCUT2D eigenvalue weighted by atomic mass is 15.4. The molecule has 0 aliphatic carbocycles. The van der Waals surface area contributed by atoms with Crippen molar-refractivity contribution in [3.63, 3.8) is 0 Å². The van der Waals surface area contributed by atoms with Crippen molar-refractivity contribution in [2.45, 2.75) is 252 Å². The molecule has 0 saturated carbocycles. The van der Waals surface area contributed by atoms with Gasteiger partial charge in [0, 0.05) is 19.1 Å². The fourth-order valence-corrected chi connectivity index (χ4v) is 7.95. The molecule has 1 aliphatic rings. The molecule has 0 amide bonds. The highest BCUT2D eigenvalue weighted by Crippen LogP contribution is 2.27. The van der Waals surface area contributed by atoms with Crippen LogP contribution in [0.5, 0.6) is 0 Å². The third kappa shape index (κ3) is 23.3. The Morgan fingerprint density at radius 2 is 0.750 bits per heavy atom. The molecule has 1 rings (SSSR count). The molecule has 1 aliphatic heterocycles. The SMILES string of the molecule is CCCCCCCCCCCCCCCCCC(CC)N1CCN(CC)C1CCCCCCCCCCCCCCCCC. The molecule has 0 N–H and O–H groups in total. The van der Waals surface area contributed by atoms with E-state index in [0.29, 0.717) is 0 Å². The zero-order chi connectivity index (χ0) is 31.8. The molecule has 0 spiro atoms. The van der Waals surface area contributed by atoms with Crippen molar-refractivity contribution in [3.8, 4) is 0 Å². The van der Waals surface area contributed by atoms with Gasteiger partial charge in [-0.15, -0.1) is 0 Å². The van der Waals surface area contributed by atoms with Crippen LogP contribution in [0.15, 0.2) is 0 Å². The second-order valence-electron chi connectivity index (χ2n) is 14.9. The van der Waals surface area contributed by atoms with E-state index in [-0.39, 0.29) is 0 Å². The van der Waals surface area contributed by atoms with Gasteiger partial charge in [0.1, 0.15) is 0 Å². The van der Waals surface area contributed by atoms with E-state index < -0.39 is 0 Å². The van der Waals surface area contributed by atoms with E-state index in [4.69, 9.17) is 0 Å². The highest BCUT2D eigenvalue weighted by Gasteiger charge is 2.33. The first-order chi connectivity index (χ1) is 21.8. The molecule has 0 aromatic carbocycles. The molecule has 1 heterocycles. The summed E-state index contributed by atoms with van der Waals surface area (Å²) in [4.78, 5) is 5.73. The Morgan fingerprint density at radius 1 is 0.409 bits per heavy atom. The Balaban J connectivity index is 2.04. The van der Waals surface area contributed by atoms with Crippen LogP contribution in [0.1, 0.15) is 240 Å². The van der Waals surface area contributed by atoms with E-state index >= 15 is 0 Å². The summed E-state index contributed by atoms with van der Waals surface area (Å²) < 4.78 is 0. The van der Waals surface area contributed by atoms with Crippen LogP contribution >= 0.6 is 0 Å². The second-order valence-corrected chi connectivity index (χ2v) is 14.9. The predicted molar refractivity (Wildman–Crippen MR) is 201 cm³/mol. The smallest absolute Gasteiger partial charge is 0.0625 e. The van der Waals surface area contributed by atoms with Crippen molar-refractivity contribution in [1.29, 1.82) is 0 Å². The summed E-state index contributed by atoms with van der Waals surface area (Å²) in [5.74, 6) is 0. The molecular formula is C42H86N2. The summed E-state index contributed by atoms with van der Waals surface area (Å²) in [5, 5.41) is 0. The van der Waals surface area contributed by atoms with Gasteiger partial charge in [-0.05, 0) is 25.8 Å². The number of hydrogen-bond acceptors (Lipinski definition) is 2. The van der Waals surface area contributed by atoms with Crippen molar-refractivity contribution >= 4 is 0 Å². The van der Waals surface area contributed by atoms with Gasteiger partial charge in [0.05, 0.1) is 6.17 Å². The lowest BCUT2D eigenvalue weighted by atomic mass is 10.0. The topological polar surface area (TPSA) is 6.48 Å². The normalized spacial score (nSPS) is 16.8. The number of rotatable bonds is 35. The average Bonchev–Trinajstić information content (AvgIpc) is 3.45. The molecule has 0 radical (unpaired) electrons. The maximum Gasteiger partial charge on any atom is 0.0625 e. The number of nitrogens with zero attached hydrogens (tertiary/aromatic N) is 2. The minimum atomic E-state index is 0.725. The van der Waals surface area contributed by atoms with Gasteiger partial charge >= 0.3 is 0 Å². The maximum absolute atomic E-state index is 2.94. The fraction of sp³-hybridized carbons (Fsp3) is 1.00. The maximum atomic E-state index is 2.94. The van der Waals surface area contributed by atoms with E-state index in [1.807, 2.05) is 0 Å². The van der Waals surface area contributed by atoms with Gasteiger partial charge in [-0.3, -0.25) is 9.80 Å². The van der Waals surface area contributed by atoms with E-state index in [1.54, 1.807) is 0 Å². The summed E-state index contributed by atoms with van der Waals surface area (Å²) in [5.41, 5.74) is 0. The first-order valence-electron chi connectivity index (χ1n) is 21.3. The van der Waals surface area contributed by atoms with Crippen molar-refractivity contribution in [2.75, 3.05) is 19.6 Å². The molecule has 1 saturated heterocycles. The van der Waals surface area contributed by atoms with E-state index in [0.717, 1.165) is 12.2 Å². The van der Waals surface area contributed by atoms with Crippen molar-refractivity contribution in [1.82, 2.24) is 9.80 Å². The lowest BCUT2D eigenvalue weighted by Gasteiger charge is -2.35. The lowest BCUT2D eigenvalue weighted by molar-refractivity contribution is 0.0832. The van der Waals surface area contributed by atoms with Crippen LogP contribution in [0.25, 0.3) is 0 Å². The van der Waals surface area contributed by atoms with Crippen molar-refractivity contribution in [2.24, 2.45) is 0 Å². The van der Waals surface area contributed by atoms with Crippen LogP contribution in [0, 0.1) is 0 Å². The molecule has 2 heteroatoms. The van der Waals surface area contributed by atoms with Crippen LogP contribution in [0.4, 0.5) is 0 Å². The second kappa shape index (κ2) is 32.8. The number of hydrogen-bond donors (Lipinski definition) is 0. The summed E-state index contributed by atoms with van der Waals surface area (Å²) >= 11 is 0. The van der Waals surface area contributed by atoms with Gasteiger partial charge in [-0.25, -0.2) is 0 Å². The third-order valence-electron chi connectivity index (χ3n) is 11.0. The Kier molecular flexibility index (Phi) is 31.3. The lowest BCUT2D eigenvalue weighted by Crippen LogP contribution is -2.44. The predicted octanol–water partition coefficient (Wildman–Crippen LogP) is 14.3. The molecule has 44 heavy (non-hydrogen) atoms. The van der Waals surface area contributed by atoms with Crippen LogP contribution in [0.3, 0.4) is 0 Å². The number of likely N-dealkylation sites (N-methyl/N-ethyl adjacent to an activating group) is 1. The molecular weight excluding hydrogens is 532 g/mol. The summed E-state index contributed by atoms with van der Waals surface area (Å²) in [6, 6.07) is 0.815. The summed E-state index contributed by atoms with van der Waals surface area (Å²) in [7, 11) is 0. The first kappa shape index (κ1) is 41.9.